The molecule has 0 bridgehead atoms. The number of rotatable bonds is 10. The molecule has 0 amide bonds. The summed E-state index contributed by atoms with van der Waals surface area (Å²) >= 11 is 6.05. The van der Waals surface area contributed by atoms with Crippen LogP contribution in [0, 0.1) is 23.0 Å². The van der Waals surface area contributed by atoms with Crippen LogP contribution in [-0.2, 0) is 11.3 Å². The maximum absolute atomic E-state index is 14.5. The molecule has 9 nitrogen and oxygen atoms in total. The highest BCUT2D eigenvalue weighted by molar-refractivity contribution is 6.35. The van der Waals surface area contributed by atoms with Crippen LogP contribution in [0.3, 0.4) is 0 Å². The lowest BCUT2D eigenvalue weighted by Crippen LogP contribution is -2.13. The number of hydrogen-bond donors (Lipinski definition) is 3. The topological polar surface area (TPSA) is 125 Å². The zero-order chi connectivity index (χ0) is 26.5. The third-order valence-electron chi connectivity index (χ3n) is 5.46. The summed E-state index contributed by atoms with van der Waals surface area (Å²) in [6.45, 7) is 2.33. The molecular weight excluding hydrogens is 506 g/mol. The van der Waals surface area contributed by atoms with Crippen molar-refractivity contribution in [3.8, 4) is 23.1 Å². The molecule has 2 heterocycles. The van der Waals surface area contributed by atoms with Crippen LogP contribution in [0.1, 0.15) is 12.6 Å². The first kappa shape index (κ1) is 25.7. The van der Waals surface area contributed by atoms with Gasteiger partial charge in [-0.25, -0.2) is 18.7 Å². The van der Waals surface area contributed by atoms with Crippen molar-refractivity contribution in [2.75, 3.05) is 30.3 Å². The minimum absolute atomic E-state index is 0.0214. The SMILES string of the molecule is CCOc1cc(-c2cc(NCCn3c(C#N)cc4c(Cl)cc(F)c(F)c43)ncn2)ccc1NCC(=O)O. The fourth-order valence-corrected chi connectivity index (χ4v) is 4.08. The molecule has 2 aromatic carbocycles. The van der Waals surface area contributed by atoms with Crippen molar-refractivity contribution in [1.29, 1.82) is 5.26 Å². The number of nitrogens with one attached hydrogen (secondary N) is 2. The number of halogens is 3. The molecule has 4 rings (SSSR count). The number of carboxylic acid groups (broad SMARTS) is 1. The van der Waals surface area contributed by atoms with Gasteiger partial charge in [0, 0.05) is 30.1 Å². The quantitative estimate of drug-likeness (QED) is 0.249. The van der Waals surface area contributed by atoms with E-state index in [-0.39, 0.29) is 41.3 Å². The standard InChI is InChI=1S/C25H21ClF2N6O3/c1-2-37-21-7-14(3-4-19(21)31-12-23(35)36)20-10-22(33-13-32-20)30-5-6-34-15(11-29)8-16-17(26)9-18(27)24(28)25(16)34/h3-4,7-10,13,31H,2,5-6,12H2,1H3,(H,35,36)(H,30,32,33). The van der Waals surface area contributed by atoms with Crippen molar-refractivity contribution in [2.45, 2.75) is 13.5 Å². The minimum atomic E-state index is -1.09. The Hall–Kier alpha value is -4.43. The molecule has 37 heavy (non-hydrogen) atoms. The Morgan fingerprint density at radius 3 is 2.76 bits per heavy atom. The fourth-order valence-electron chi connectivity index (χ4n) is 3.84. The predicted molar refractivity (Wildman–Crippen MR) is 135 cm³/mol. The summed E-state index contributed by atoms with van der Waals surface area (Å²) in [7, 11) is 0. The molecule has 0 aliphatic carbocycles. The molecule has 0 saturated carbocycles. The van der Waals surface area contributed by atoms with E-state index in [9.17, 15) is 18.8 Å². The second-order valence-corrected chi connectivity index (χ2v) is 8.22. The van der Waals surface area contributed by atoms with Crippen molar-refractivity contribution >= 4 is 40.0 Å². The summed E-state index contributed by atoms with van der Waals surface area (Å²) in [5.41, 5.74) is 1.90. The van der Waals surface area contributed by atoms with Crippen molar-refractivity contribution in [3.63, 3.8) is 0 Å². The first-order valence-corrected chi connectivity index (χ1v) is 11.6. The first-order chi connectivity index (χ1) is 17.8. The van der Waals surface area contributed by atoms with Crippen molar-refractivity contribution < 1.29 is 23.4 Å². The number of hydrogen-bond acceptors (Lipinski definition) is 7. The first-order valence-electron chi connectivity index (χ1n) is 11.2. The molecular formula is C25H21ClF2N6O3. The van der Waals surface area contributed by atoms with Crippen LogP contribution in [0.4, 0.5) is 20.3 Å². The van der Waals surface area contributed by atoms with E-state index in [1.165, 1.54) is 17.0 Å². The summed E-state index contributed by atoms with van der Waals surface area (Å²) in [6, 6.07) is 11.2. The predicted octanol–water partition coefficient (Wildman–Crippen LogP) is 4.91. The van der Waals surface area contributed by atoms with Gasteiger partial charge in [-0.3, -0.25) is 4.79 Å². The van der Waals surface area contributed by atoms with E-state index in [0.717, 1.165) is 6.07 Å². The van der Waals surface area contributed by atoms with Crippen LogP contribution in [0.15, 0.2) is 42.7 Å². The van der Waals surface area contributed by atoms with Crippen LogP contribution in [0.2, 0.25) is 5.02 Å². The van der Waals surface area contributed by atoms with E-state index in [4.69, 9.17) is 21.4 Å². The third-order valence-corrected chi connectivity index (χ3v) is 5.77. The molecule has 0 fully saturated rings. The van der Waals surface area contributed by atoms with Gasteiger partial charge in [0.2, 0.25) is 0 Å². The van der Waals surface area contributed by atoms with E-state index >= 15 is 0 Å². The molecule has 0 saturated heterocycles. The molecule has 0 aliphatic heterocycles. The summed E-state index contributed by atoms with van der Waals surface area (Å²) in [5, 5.41) is 24.6. The zero-order valence-electron chi connectivity index (χ0n) is 19.6. The molecule has 0 spiro atoms. The second-order valence-electron chi connectivity index (χ2n) is 7.82. The van der Waals surface area contributed by atoms with Crippen molar-refractivity contribution in [1.82, 2.24) is 14.5 Å². The van der Waals surface area contributed by atoms with E-state index in [0.29, 0.717) is 35.1 Å². The van der Waals surface area contributed by atoms with Gasteiger partial charge in [-0.15, -0.1) is 0 Å². The maximum Gasteiger partial charge on any atom is 0.322 e. The maximum atomic E-state index is 14.5. The van der Waals surface area contributed by atoms with E-state index < -0.39 is 17.6 Å². The highest BCUT2D eigenvalue weighted by Gasteiger charge is 2.19. The highest BCUT2D eigenvalue weighted by atomic mass is 35.5. The lowest BCUT2D eigenvalue weighted by molar-refractivity contribution is -0.134. The summed E-state index contributed by atoms with van der Waals surface area (Å²) in [5.74, 6) is -2.22. The summed E-state index contributed by atoms with van der Waals surface area (Å²) in [6.07, 6.45) is 1.37. The van der Waals surface area contributed by atoms with Gasteiger partial charge in [-0.05, 0) is 31.2 Å². The monoisotopic (exact) mass is 526 g/mol. The van der Waals surface area contributed by atoms with Crippen molar-refractivity contribution in [3.05, 3.63) is 65.1 Å². The van der Waals surface area contributed by atoms with Gasteiger partial charge in [-0.2, -0.15) is 5.26 Å². The average molecular weight is 527 g/mol. The van der Waals surface area contributed by atoms with Gasteiger partial charge < -0.3 is 25.0 Å². The number of anilines is 2. The average Bonchev–Trinajstić information content (AvgIpc) is 3.26. The van der Waals surface area contributed by atoms with Gasteiger partial charge in [0.1, 0.15) is 36.2 Å². The Bertz CT molecular complexity index is 1520. The Morgan fingerprint density at radius 1 is 1.22 bits per heavy atom. The normalized spacial score (nSPS) is 10.8. The minimum Gasteiger partial charge on any atom is -0.492 e. The number of nitriles is 1. The lowest BCUT2D eigenvalue weighted by atomic mass is 10.1. The largest absolute Gasteiger partial charge is 0.492 e. The molecule has 0 radical (unpaired) electrons. The molecule has 2 aromatic heterocycles. The molecule has 0 aliphatic rings. The van der Waals surface area contributed by atoms with Crippen LogP contribution in [0.25, 0.3) is 22.2 Å². The molecule has 3 N–H and O–H groups in total. The van der Waals surface area contributed by atoms with E-state index in [1.807, 2.05) is 13.0 Å². The van der Waals surface area contributed by atoms with Crippen LogP contribution >= 0.6 is 11.6 Å². The van der Waals surface area contributed by atoms with Gasteiger partial charge in [-0.1, -0.05) is 17.7 Å². The van der Waals surface area contributed by atoms with Gasteiger partial charge in [0.05, 0.1) is 28.5 Å². The molecule has 190 valence electrons. The van der Waals surface area contributed by atoms with Crippen LogP contribution in [0.5, 0.6) is 5.75 Å². The molecule has 0 atom stereocenters. The highest BCUT2D eigenvalue weighted by Crippen LogP contribution is 2.32. The van der Waals surface area contributed by atoms with Gasteiger partial charge in [0.15, 0.2) is 11.6 Å². The number of ether oxygens (including phenoxy) is 1. The Labute approximate surface area is 215 Å². The zero-order valence-corrected chi connectivity index (χ0v) is 20.3. The molecule has 12 heteroatoms. The Kier molecular flexibility index (Phi) is 7.69. The Balaban J connectivity index is 1.53. The smallest absolute Gasteiger partial charge is 0.322 e. The number of aromatic nitrogens is 3. The van der Waals surface area contributed by atoms with Crippen LogP contribution < -0.4 is 15.4 Å². The van der Waals surface area contributed by atoms with E-state index in [1.54, 1.807) is 24.3 Å². The number of aliphatic carboxylic acids is 1. The number of nitrogens with zero attached hydrogens (tertiary/aromatic N) is 4. The second kappa shape index (κ2) is 11.1. The molecule has 4 aromatic rings. The fraction of sp³-hybridized carbons (Fsp3) is 0.200. The third kappa shape index (κ3) is 5.54. The van der Waals surface area contributed by atoms with E-state index in [2.05, 4.69) is 20.6 Å². The molecule has 0 unspecified atom stereocenters. The number of carbonyl (C=O) groups is 1. The van der Waals surface area contributed by atoms with Gasteiger partial charge >= 0.3 is 5.97 Å². The Morgan fingerprint density at radius 2 is 2.03 bits per heavy atom. The number of fused-ring (bicyclic) bond motifs is 1. The number of benzene rings is 2. The summed E-state index contributed by atoms with van der Waals surface area (Å²) < 4.78 is 35.5. The number of carboxylic acids is 1. The lowest BCUT2D eigenvalue weighted by Gasteiger charge is -2.13. The van der Waals surface area contributed by atoms with Crippen LogP contribution in [-0.4, -0.2) is 45.3 Å². The van der Waals surface area contributed by atoms with Crippen molar-refractivity contribution in [2.24, 2.45) is 0 Å². The summed E-state index contributed by atoms with van der Waals surface area (Å²) in [4.78, 5) is 19.4. The van der Waals surface area contributed by atoms with Gasteiger partial charge in [0.25, 0.3) is 0 Å².